The predicted molar refractivity (Wildman–Crippen MR) is 93.6 cm³/mol. The van der Waals surface area contributed by atoms with Crippen molar-refractivity contribution < 1.29 is 4.79 Å². The lowest BCUT2D eigenvalue weighted by molar-refractivity contribution is 0.0638. The predicted octanol–water partition coefficient (Wildman–Crippen LogP) is 2.56. The van der Waals surface area contributed by atoms with Crippen LogP contribution in [-0.4, -0.2) is 48.4 Å². The van der Waals surface area contributed by atoms with E-state index < -0.39 is 0 Å². The molecule has 2 aromatic carbocycles. The maximum atomic E-state index is 12.6. The third kappa shape index (κ3) is 3.81. The van der Waals surface area contributed by atoms with Gasteiger partial charge in [-0.05, 0) is 24.1 Å². The summed E-state index contributed by atoms with van der Waals surface area (Å²) in [7, 11) is 0. The second-order valence-electron chi connectivity index (χ2n) is 6.03. The first kappa shape index (κ1) is 16.2. The van der Waals surface area contributed by atoms with Crippen LogP contribution in [0.4, 0.5) is 0 Å². The van der Waals surface area contributed by atoms with E-state index >= 15 is 0 Å². The van der Waals surface area contributed by atoms with Gasteiger partial charge in [-0.2, -0.15) is 5.26 Å². The SMILES string of the molecule is N#Cc1ccccc1C(=O)N1CCN(CCc2ccccc2)CC1. The van der Waals surface area contributed by atoms with Crippen molar-refractivity contribution in [3.63, 3.8) is 0 Å². The summed E-state index contributed by atoms with van der Waals surface area (Å²) in [5, 5.41) is 9.16. The van der Waals surface area contributed by atoms with Crippen LogP contribution in [0, 0.1) is 11.3 Å². The van der Waals surface area contributed by atoms with Gasteiger partial charge >= 0.3 is 0 Å². The van der Waals surface area contributed by atoms with Gasteiger partial charge < -0.3 is 4.90 Å². The average Bonchev–Trinajstić information content (AvgIpc) is 2.67. The molecule has 2 aromatic rings. The van der Waals surface area contributed by atoms with E-state index in [9.17, 15) is 4.79 Å². The second kappa shape index (κ2) is 7.76. The molecule has 0 spiro atoms. The highest BCUT2D eigenvalue weighted by atomic mass is 16.2. The van der Waals surface area contributed by atoms with E-state index in [0.717, 1.165) is 26.1 Å². The van der Waals surface area contributed by atoms with E-state index in [2.05, 4.69) is 35.2 Å². The molecule has 1 aliphatic heterocycles. The van der Waals surface area contributed by atoms with Gasteiger partial charge in [0.1, 0.15) is 0 Å². The molecule has 122 valence electrons. The Morgan fingerprint density at radius 3 is 2.33 bits per heavy atom. The number of carbonyl (C=O) groups excluding carboxylic acids is 1. The highest BCUT2D eigenvalue weighted by Crippen LogP contribution is 2.13. The van der Waals surface area contributed by atoms with E-state index in [1.807, 2.05) is 17.0 Å². The average molecular weight is 319 g/mol. The van der Waals surface area contributed by atoms with Gasteiger partial charge in [0.15, 0.2) is 0 Å². The van der Waals surface area contributed by atoms with E-state index in [-0.39, 0.29) is 5.91 Å². The highest BCUT2D eigenvalue weighted by Gasteiger charge is 2.23. The van der Waals surface area contributed by atoms with Crippen molar-refractivity contribution in [2.75, 3.05) is 32.7 Å². The Labute approximate surface area is 142 Å². The molecule has 0 aromatic heterocycles. The molecule has 0 atom stereocenters. The molecule has 4 nitrogen and oxygen atoms in total. The zero-order valence-corrected chi connectivity index (χ0v) is 13.7. The zero-order chi connectivity index (χ0) is 16.8. The number of piperazine rings is 1. The van der Waals surface area contributed by atoms with Crippen molar-refractivity contribution in [3.05, 3.63) is 71.3 Å². The van der Waals surface area contributed by atoms with Crippen molar-refractivity contribution in [2.24, 2.45) is 0 Å². The van der Waals surface area contributed by atoms with Crippen LogP contribution in [0.25, 0.3) is 0 Å². The van der Waals surface area contributed by atoms with Gasteiger partial charge in [-0.15, -0.1) is 0 Å². The number of rotatable bonds is 4. The van der Waals surface area contributed by atoms with Gasteiger partial charge in [-0.25, -0.2) is 0 Å². The number of hydrogen-bond donors (Lipinski definition) is 0. The molecular formula is C20H21N3O. The fourth-order valence-corrected chi connectivity index (χ4v) is 3.04. The molecule has 0 N–H and O–H groups in total. The Hall–Kier alpha value is -2.64. The highest BCUT2D eigenvalue weighted by molar-refractivity contribution is 5.96. The van der Waals surface area contributed by atoms with Crippen molar-refractivity contribution >= 4 is 5.91 Å². The molecule has 1 fully saturated rings. The summed E-state index contributed by atoms with van der Waals surface area (Å²) in [6.45, 7) is 4.21. The van der Waals surface area contributed by atoms with Gasteiger partial charge in [0.2, 0.25) is 0 Å². The lowest BCUT2D eigenvalue weighted by atomic mass is 10.1. The summed E-state index contributed by atoms with van der Waals surface area (Å²) >= 11 is 0. The molecule has 1 aliphatic rings. The van der Waals surface area contributed by atoms with E-state index in [0.29, 0.717) is 24.2 Å². The van der Waals surface area contributed by atoms with Crippen LogP contribution in [0.15, 0.2) is 54.6 Å². The molecule has 4 heteroatoms. The normalized spacial score (nSPS) is 15.0. The number of benzene rings is 2. The Morgan fingerprint density at radius 1 is 0.958 bits per heavy atom. The maximum Gasteiger partial charge on any atom is 0.255 e. The van der Waals surface area contributed by atoms with Gasteiger partial charge in [0.05, 0.1) is 17.2 Å². The Bertz CT molecular complexity index is 728. The van der Waals surface area contributed by atoms with Crippen molar-refractivity contribution in [1.29, 1.82) is 5.26 Å². The fraction of sp³-hybridized carbons (Fsp3) is 0.300. The topological polar surface area (TPSA) is 47.3 Å². The van der Waals surface area contributed by atoms with Gasteiger partial charge in [0.25, 0.3) is 5.91 Å². The second-order valence-corrected chi connectivity index (χ2v) is 6.03. The van der Waals surface area contributed by atoms with E-state index in [1.165, 1.54) is 5.56 Å². The van der Waals surface area contributed by atoms with Gasteiger partial charge in [-0.1, -0.05) is 42.5 Å². The molecule has 0 saturated carbocycles. The van der Waals surface area contributed by atoms with Crippen LogP contribution in [0.3, 0.4) is 0 Å². The monoisotopic (exact) mass is 319 g/mol. The smallest absolute Gasteiger partial charge is 0.255 e. The van der Waals surface area contributed by atoms with Crippen LogP contribution in [0.2, 0.25) is 0 Å². The van der Waals surface area contributed by atoms with Gasteiger partial charge in [-0.3, -0.25) is 9.69 Å². The summed E-state index contributed by atoms with van der Waals surface area (Å²) in [6.07, 6.45) is 1.03. The molecule has 0 radical (unpaired) electrons. The summed E-state index contributed by atoms with van der Waals surface area (Å²) < 4.78 is 0. The summed E-state index contributed by atoms with van der Waals surface area (Å²) in [5.74, 6) is -0.0325. The molecule has 3 rings (SSSR count). The van der Waals surface area contributed by atoms with Crippen LogP contribution in [-0.2, 0) is 6.42 Å². The molecule has 1 amide bonds. The lowest BCUT2D eigenvalue weighted by Gasteiger charge is -2.35. The third-order valence-corrected chi connectivity index (χ3v) is 4.50. The standard InChI is InChI=1S/C20H21N3O/c21-16-18-8-4-5-9-19(18)20(24)23-14-12-22(13-15-23)11-10-17-6-2-1-3-7-17/h1-9H,10-15H2. The molecule has 0 bridgehead atoms. The quantitative estimate of drug-likeness (QED) is 0.870. The minimum absolute atomic E-state index is 0.0325. The third-order valence-electron chi connectivity index (χ3n) is 4.50. The molecule has 1 heterocycles. The van der Waals surface area contributed by atoms with Crippen LogP contribution in [0.5, 0.6) is 0 Å². The first-order valence-electron chi connectivity index (χ1n) is 8.32. The minimum Gasteiger partial charge on any atom is -0.336 e. The maximum absolute atomic E-state index is 12.6. The Morgan fingerprint density at radius 2 is 1.62 bits per heavy atom. The van der Waals surface area contributed by atoms with Crippen LogP contribution in [0.1, 0.15) is 21.5 Å². The number of hydrogen-bond acceptors (Lipinski definition) is 3. The number of nitrogens with zero attached hydrogens (tertiary/aromatic N) is 3. The molecule has 24 heavy (non-hydrogen) atoms. The molecular weight excluding hydrogens is 298 g/mol. The summed E-state index contributed by atoms with van der Waals surface area (Å²) in [6, 6.07) is 19.6. The number of nitriles is 1. The minimum atomic E-state index is -0.0325. The van der Waals surface area contributed by atoms with Crippen molar-refractivity contribution in [3.8, 4) is 6.07 Å². The fourth-order valence-electron chi connectivity index (χ4n) is 3.04. The zero-order valence-electron chi connectivity index (χ0n) is 13.7. The lowest BCUT2D eigenvalue weighted by Crippen LogP contribution is -2.49. The first-order chi connectivity index (χ1) is 11.8. The van der Waals surface area contributed by atoms with Crippen LogP contribution < -0.4 is 0 Å². The summed E-state index contributed by atoms with van der Waals surface area (Å²) in [4.78, 5) is 16.9. The van der Waals surface area contributed by atoms with E-state index in [4.69, 9.17) is 5.26 Å². The van der Waals surface area contributed by atoms with Crippen LogP contribution >= 0.6 is 0 Å². The Kier molecular flexibility index (Phi) is 5.25. The molecule has 0 aliphatic carbocycles. The van der Waals surface area contributed by atoms with Crippen molar-refractivity contribution in [2.45, 2.75) is 6.42 Å². The molecule has 1 saturated heterocycles. The molecule has 0 unspecified atom stereocenters. The van der Waals surface area contributed by atoms with Crippen molar-refractivity contribution in [1.82, 2.24) is 9.80 Å². The summed E-state index contributed by atoms with van der Waals surface area (Å²) in [5.41, 5.74) is 2.31. The first-order valence-corrected chi connectivity index (χ1v) is 8.32. The largest absolute Gasteiger partial charge is 0.336 e. The number of amides is 1. The van der Waals surface area contributed by atoms with Gasteiger partial charge in [0, 0.05) is 32.7 Å². The Balaban J connectivity index is 1.53. The number of carbonyl (C=O) groups is 1. The van der Waals surface area contributed by atoms with E-state index in [1.54, 1.807) is 18.2 Å².